The largest absolute Gasteiger partial charge is 0.496 e. The van der Waals surface area contributed by atoms with Crippen molar-refractivity contribution in [2.75, 3.05) is 34.0 Å². The van der Waals surface area contributed by atoms with E-state index in [-0.39, 0.29) is 12.0 Å². The van der Waals surface area contributed by atoms with Crippen molar-refractivity contribution >= 4 is 0 Å². The van der Waals surface area contributed by atoms with Gasteiger partial charge in [-0.15, -0.1) is 0 Å². The Labute approximate surface area is 101 Å². The molecule has 1 aromatic rings. The maximum Gasteiger partial charge on any atom is 0.129 e. The van der Waals surface area contributed by atoms with E-state index in [4.69, 9.17) is 14.2 Å². The summed E-state index contributed by atoms with van der Waals surface area (Å²) in [6, 6.07) is 3.85. The summed E-state index contributed by atoms with van der Waals surface area (Å²) >= 11 is 0. The summed E-state index contributed by atoms with van der Waals surface area (Å²) < 4.78 is 16.0. The van der Waals surface area contributed by atoms with Gasteiger partial charge in [0.1, 0.15) is 11.5 Å². The van der Waals surface area contributed by atoms with Crippen molar-refractivity contribution in [2.24, 2.45) is 0 Å². The van der Waals surface area contributed by atoms with Gasteiger partial charge in [0, 0.05) is 11.1 Å². The molecule has 0 bridgehead atoms. The maximum absolute atomic E-state index is 9.56. The van der Waals surface area contributed by atoms with Crippen LogP contribution in [0.5, 0.6) is 11.5 Å². The number of ether oxygens (including phenoxy) is 3. The van der Waals surface area contributed by atoms with E-state index in [9.17, 15) is 5.11 Å². The van der Waals surface area contributed by atoms with Gasteiger partial charge in [-0.25, -0.2) is 0 Å². The zero-order valence-corrected chi connectivity index (χ0v) is 10.4. The highest BCUT2D eigenvalue weighted by Gasteiger charge is 2.42. The third-order valence-corrected chi connectivity index (χ3v) is 3.41. The predicted molar refractivity (Wildman–Crippen MR) is 63.9 cm³/mol. The van der Waals surface area contributed by atoms with E-state index in [0.717, 1.165) is 22.6 Å². The third-order valence-electron chi connectivity index (χ3n) is 3.41. The Bertz CT molecular complexity index is 405. The van der Waals surface area contributed by atoms with Crippen LogP contribution in [0.2, 0.25) is 0 Å². The highest BCUT2D eigenvalue weighted by Crippen LogP contribution is 2.41. The first-order chi connectivity index (χ1) is 8.18. The molecule has 1 N–H and O–H groups in total. The molecule has 1 aromatic carbocycles. The summed E-state index contributed by atoms with van der Waals surface area (Å²) in [7, 11) is 3.27. The van der Waals surface area contributed by atoms with E-state index in [1.54, 1.807) is 14.2 Å². The molecule has 2 rings (SSSR count). The molecule has 0 aromatic heterocycles. The van der Waals surface area contributed by atoms with Crippen LogP contribution in [-0.4, -0.2) is 39.1 Å². The van der Waals surface area contributed by atoms with Crippen LogP contribution in [0.4, 0.5) is 0 Å². The van der Waals surface area contributed by atoms with E-state index in [1.165, 1.54) is 0 Å². The Morgan fingerprint density at radius 3 is 2.41 bits per heavy atom. The molecule has 0 unspecified atom stereocenters. The molecule has 17 heavy (non-hydrogen) atoms. The molecule has 0 spiro atoms. The summed E-state index contributed by atoms with van der Waals surface area (Å²) in [6.45, 7) is 3.08. The number of rotatable bonds is 4. The molecule has 1 heterocycles. The predicted octanol–water partition coefficient (Wildman–Crippen LogP) is 1.27. The second kappa shape index (κ2) is 4.55. The SMILES string of the molecule is COc1ccc(C2(CO)COC2)c(OC)c1C. The summed E-state index contributed by atoms with van der Waals surface area (Å²) in [5.74, 6) is 1.57. The summed E-state index contributed by atoms with van der Waals surface area (Å²) in [6.07, 6.45) is 0. The lowest BCUT2D eigenvalue weighted by Gasteiger charge is -2.41. The van der Waals surface area contributed by atoms with Crippen LogP contribution in [0, 0.1) is 6.92 Å². The van der Waals surface area contributed by atoms with E-state index >= 15 is 0 Å². The zero-order chi connectivity index (χ0) is 12.5. The Morgan fingerprint density at radius 1 is 1.29 bits per heavy atom. The van der Waals surface area contributed by atoms with Crippen molar-refractivity contribution in [3.05, 3.63) is 23.3 Å². The molecule has 1 saturated heterocycles. The number of hydrogen-bond acceptors (Lipinski definition) is 4. The summed E-state index contributed by atoms with van der Waals surface area (Å²) in [4.78, 5) is 0. The smallest absolute Gasteiger partial charge is 0.129 e. The number of benzene rings is 1. The second-order valence-corrected chi connectivity index (χ2v) is 4.40. The Morgan fingerprint density at radius 2 is 2.00 bits per heavy atom. The molecule has 0 saturated carbocycles. The number of methoxy groups -OCH3 is 2. The van der Waals surface area contributed by atoms with Crippen molar-refractivity contribution in [1.82, 2.24) is 0 Å². The Hall–Kier alpha value is -1.26. The molecule has 0 atom stereocenters. The lowest BCUT2D eigenvalue weighted by Crippen LogP contribution is -2.49. The van der Waals surface area contributed by atoms with Crippen LogP contribution in [0.25, 0.3) is 0 Å². The van der Waals surface area contributed by atoms with Crippen LogP contribution in [0.15, 0.2) is 12.1 Å². The van der Waals surface area contributed by atoms with Crippen molar-refractivity contribution in [3.63, 3.8) is 0 Å². The number of aliphatic hydroxyl groups excluding tert-OH is 1. The molecule has 0 aliphatic carbocycles. The molecule has 1 aliphatic heterocycles. The van der Waals surface area contributed by atoms with E-state index < -0.39 is 0 Å². The number of hydrogen-bond donors (Lipinski definition) is 1. The maximum atomic E-state index is 9.56. The normalized spacial score (nSPS) is 17.4. The van der Waals surface area contributed by atoms with Gasteiger partial charge < -0.3 is 19.3 Å². The lowest BCUT2D eigenvalue weighted by atomic mass is 9.78. The first-order valence-corrected chi connectivity index (χ1v) is 5.59. The Kier molecular flexibility index (Phi) is 3.26. The van der Waals surface area contributed by atoms with Gasteiger partial charge in [0.15, 0.2) is 0 Å². The van der Waals surface area contributed by atoms with Gasteiger partial charge in [-0.2, -0.15) is 0 Å². The third kappa shape index (κ3) is 1.77. The van der Waals surface area contributed by atoms with Gasteiger partial charge in [0.2, 0.25) is 0 Å². The van der Waals surface area contributed by atoms with Crippen molar-refractivity contribution in [1.29, 1.82) is 0 Å². The van der Waals surface area contributed by atoms with Gasteiger partial charge in [0.05, 0.1) is 39.5 Å². The van der Waals surface area contributed by atoms with Gasteiger partial charge in [-0.05, 0) is 13.0 Å². The average Bonchev–Trinajstić information content (AvgIpc) is 2.29. The topological polar surface area (TPSA) is 47.9 Å². The van der Waals surface area contributed by atoms with Gasteiger partial charge in [-0.3, -0.25) is 0 Å². The zero-order valence-electron chi connectivity index (χ0n) is 10.4. The minimum atomic E-state index is -0.317. The van der Waals surface area contributed by atoms with E-state index in [2.05, 4.69) is 0 Å². The van der Waals surface area contributed by atoms with E-state index in [0.29, 0.717) is 13.2 Å². The fourth-order valence-corrected chi connectivity index (χ4v) is 2.26. The Balaban J connectivity index is 2.51. The van der Waals surface area contributed by atoms with Crippen LogP contribution < -0.4 is 9.47 Å². The van der Waals surface area contributed by atoms with Crippen LogP contribution in [0.1, 0.15) is 11.1 Å². The van der Waals surface area contributed by atoms with Gasteiger partial charge in [-0.1, -0.05) is 6.07 Å². The fraction of sp³-hybridized carbons (Fsp3) is 0.538. The average molecular weight is 238 g/mol. The van der Waals surface area contributed by atoms with Crippen molar-refractivity contribution in [2.45, 2.75) is 12.3 Å². The summed E-state index contributed by atoms with van der Waals surface area (Å²) in [5, 5.41) is 9.56. The van der Waals surface area contributed by atoms with Gasteiger partial charge in [0.25, 0.3) is 0 Å². The highest BCUT2D eigenvalue weighted by molar-refractivity contribution is 5.53. The van der Waals surface area contributed by atoms with Gasteiger partial charge >= 0.3 is 0 Å². The molecule has 1 aliphatic rings. The molecule has 0 amide bonds. The molecule has 1 fully saturated rings. The van der Waals surface area contributed by atoms with E-state index in [1.807, 2.05) is 19.1 Å². The molecule has 0 radical (unpaired) electrons. The molecule has 4 heteroatoms. The lowest BCUT2D eigenvalue weighted by molar-refractivity contribution is -0.0850. The first kappa shape index (κ1) is 12.2. The quantitative estimate of drug-likeness (QED) is 0.858. The van der Waals surface area contributed by atoms with Crippen molar-refractivity contribution < 1.29 is 19.3 Å². The fourth-order valence-electron chi connectivity index (χ4n) is 2.26. The second-order valence-electron chi connectivity index (χ2n) is 4.40. The van der Waals surface area contributed by atoms with Crippen LogP contribution in [-0.2, 0) is 10.2 Å². The minimum Gasteiger partial charge on any atom is -0.496 e. The molecule has 94 valence electrons. The highest BCUT2D eigenvalue weighted by atomic mass is 16.5. The van der Waals surface area contributed by atoms with Crippen LogP contribution in [0.3, 0.4) is 0 Å². The number of aliphatic hydroxyl groups is 1. The van der Waals surface area contributed by atoms with Crippen LogP contribution >= 0.6 is 0 Å². The molecule has 4 nitrogen and oxygen atoms in total. The van der Waals surface area contributed by atoms with Crippen molar-refractivity contribution in [3.8, 4) is 11.5 Å². The minimum absolute atomic E-state index is 0.0646. The summed E-state index contributed by atoms with van der Waals surface area (Å²) in [5.41, 5.74) is 1.63. The molecular formula is C13H18O4. The molecular weight excluding hydrogens is 220 g/mol. The monoisotopic (exact) mass is 238 g/mol. The standard InChI is InChI=1S/C13H18O4/c1-9-11(15-2)5-4-10(12(9)16-3)13(6-14)7-17-8-13/h4-5,14H,6-8H2,1-3H3. The first-order valence-electron chi connectivity index (χ1n) is 5.59.